The Morgan fingerprint density at radius 2 is 2.00 bits per heavy atom. The van der Waals surface area contributed by atoms with E-state index in [1.807, 2.05) is 25.1 Å². The Morgan fingerprint density at radius 1 is 1.21 bits per heavy atom. The van der Waals surface area contributed by atoms with Crippen LogP contribution in [0.3, 0.4) is 0 Å². The Labute approximate surface area is 165 Å². The number of hydrogen-bond acceptors (Lipinski definition) is 5. The second-order valence-corrected chi connectivity index (χ2v) is 7.90. The first-order chi connectivity index (χ1) is 13.5. The molecule has 1 saturated heterocycles. The van der Waals surface area contributed by atoms with Crippen LogP contribution < -0.4 is 4.74 Å². The van der Waals surface area contributed by atoms with Gasteiger partial charge in [0, 0.05) is 19.2 Å². The molecule has 0 spiro atoms. The Kier molecular flexibility index (Phi) is 5.06. The molecule has 1 aliphatic carbocycles. The van der Waals surface area contributed by atoms with E-state index >= 15 is 0 Å². The van der Waals surface area contributed by atoms with E-state index in [-0.39, 0.29) is 5.91 Å². The number of likely N-dealkylation sites (tertiary alicyclic amines) is 1. The van der Waals surface area contributed by atoms with Gasteiger partial charge in [-0.15, -0.1) is 5.10 Å². The van der Waals surface area contributed by atoms with Crippen LogP contribution in [0.25, 0.3) is 11.3 Å². The maximum Gasteiger partial charge on any atom is 0.228 e. The summed E-state index contributed by atoms with van der Waals surface area (Å²) < 4.78 is 5.57. The van der Waals surface area contributed by atoms with Gasteiger partial charge in [-0.2, -0.15) is 5.10 Å². The van der Waals surface area contributed by atoms with Gasteiger partial charge in [0.1, 0.15) is 17.5 Å². The number of carbonyl (C=O) groups excluding carboxylic acids is 1. The number of piperidine rings is 1. The summed E-state index contributed by atoms with van der Waals surface area (Å²) in [5.41, 5.74) is 5.64. The second kappa shape index (κ2) is 7.51. The van der Waals surface area contributed by atoms with E-state index in [1.54, 1.807) is 19.1 Å². The van der Waals surface area contributed by atoms with E-state index in [0.717, 1.165) is 65.9 Å². The summed E-state index contributed by atoms with van der Waals surface area (Å²) in [5.74, 6) is 0.342. The van der Waals surface area contributed by atoms with Crippen molar-refractivity contribution in [2.75, 3.05) is 20.7 Å². The predicted octanol–water partition coefficient (Wildman–Crippen LogP) is 2.85. The van der Waals surface area contributed by atoms with Crippen molar-refractivity contribution in [3.05, 3.63) is 40.6 Å². The van der Waals surface area contributed by atoms with E-state index < -0.39 is 12.0 Å². The highest BCUT2D eigenvalue weighted by Crippen LogP contribution is 2.40. The smallest absolute Gasteiger partial charge is 0.228 e. The van der Waals surface area contributed by atoms with Gasteiger partial charge in [0.15, 0.2) is 0 Å². The predicted molar refractivity (Wildman–Crippen MR) is 106 cm³/mol. The van der Waals surface area contributed by atoms with E-state index in [9.17, 15) is 9.90 Å². The Balaban J connectivity index is 1.75. The number of hydrogen-bond donors (Lipinski definition) is 1. The van der Waals surface area contributed by atoms with Crippen molar-refractivity contribution in [3.63, 3.8) is 0 Å². The molecule has 4 rings (SSSR count). The van der Waals surface area contributed by atoms with Crippen molar-refractivity contribution >= 4 is 5.91 Å². The summed E-state index contributed by atoms with van der Waals surface area (Å²) >= 11 is 0. The highest BCUT2D eigenvalue weighted by atomic mass is 16.5. The molecule has 6 nitrogen and oxygen atoms in total. The van der Waals surface area contributed by atoms with E-state index in [2.05, 4.69) is 10.2 Å². The summed E-state index contributed by atoms with van der Waals surface area (Å²) in [5, 5.41) is 20.0. The number of methoxy groups -OCH3 is 1. The molecule has 2 aromatic rings. The number of carbonyl (C=O) groups is 1. The molecule has 0 bridgehead atoms. The zero-order chi connectivity index (χ0) is 19.8. The fourth-order valence-corrected chi connectivity index (χ4v) is 4.51. The summed E-state index contributed by atoms with van der Waals surface area (Å²) in [4.78, 5) is 14.3. The molecule has 1 aromatic carbocycles. The number of aryl methyl sites for hydroxylation is 1. The van der Waals surface area contributed by atoms with Crippen molar-refractivity contribution in [1.82, 2.24) is 15.1 Å². The fraction of sp³-hybridized carbons (Fsp3) is 0.500. The van der Waals surface area contributed by atoms with Crippen LogP contribution in [-0.4, -0.2) is 46.8 Å². The number of benzene rings is 1. The minimum atomic E-state index is -0.899. The van der Waals surface area contributed by atoms with Crippen LogP contribution in [0, 0.1) is 12.8 Å². The molecular weight excluding hydrogens is 354 g/mol. The van der Waals surface area contributed by atoms with Gasteiger partial charge in [-0.1, -0.05) is 6.07 Å². The number of ether oxygens (including phenoxy) is 1. The topological polar surface area (TPSA) is 75.6 Å². The monoisotopic (exact) mass is 381 g/mol. The maximum absolute atomic E-state index is 12.5. The zero-order valence-electron chi connectivity index (χ0n) is 16.7. The molecule has 1 fully saturated rings. The summed E-state index contributed by atoms with van der Waals surface area (Å²) in [6, 6.07) is 6.06. The lowest BCUT2D eigenvalue weighted by atomic mass is 9.87. The lowest BCUT2D eigenvalue weighted by molar-refractivity contribution is -0.141. The number of rotatable bonds is 4. The minimum Gasteiger partial charge on any atom is -0.496 e. The quantitative estimate of drug-likeness (QED) is 0.881. The Morgan fingerprint density at radius 3 is 2.79 bits per heavy atom. The molecule has 0 saturated carbocycles. The third kappa shape index (κ3) is 3.15. The van der Waals surface area contributed by atoms with Gasteiger partial charge in [0.05, 0.1) is 18.7 Å². The molecule has 1 aromatic heterocycles. The fourth-order valence-electron chi connectivity index (χ4n) is 4.51. The van der Waals surface area contributed by atoms with Gasteiger partial charge < -0.3 is 14.7 Å². The standard InChI is InChI=1S/C22H27N3O3/c1-13-9-10-16(18(12-13)28-3)19-14-6-4-7-15(14)20(24-23-19)21(26)17-8-5-11-25(2)22(17)27/h9-10,12,17,21,26H,4-8,11H2,1-3H3. The molecular formula is C22H27N3O3. The van der Waals surface area contributed by atoms with Crippen molar-refractivity contribution < 1.29 is 14.6 Å². The third-order valence-corrected chi connectivity index (χ3v) is 6.05. The number of aliphatic hydroxyl groups excluding tert-OH is 1. The van der Waals surface area contributed by atoms with Crippen LogP contribution in [0.15, 0.2) is 18.2 Å². The highest BCUT2D eigenvalue weighted by molar-refractivity contribution is 5.80. The molecule has 28 heavy (non-hydrogen) atoms. The van der Waals surface area contributed by atoms with Crippen molar-refractivity contribution in [2.45, 2.75) is 45.1 Å². The van der Waals surface area contributed by atoms with E-state index in [4.69, 9.17) is 4.74 Å². The number of aromatic nitrogens is 2. The lowest BCUT2D eigenvalue weighted by Crippen LogP contribution is -2.41. The van der Waals surface area contributed by atoms with Crippen LogP contribution >= 0.6 is 0 Å². The van der Waals surface area contributed by atoms with Crippen LogP contribution in [-0.2, 0) is 17.6 Å². The first-order valence-corrected chi connectivity index (χ1v) is 9.97. The van der Waals surface area contributed by atoms with Crippen molar-refractivity contribution in [1.29, 1.82) is 0 Å². The minimum absolute atomic E-state index is 0.00317. The Hall–Kier alpha value is -2.47. The van der Waals surface area contributed by atoms with Crippen molar-refractivity contribution in [2.24, 2.45) is 5.92 Å². The van der Waals surface area contributed by atoms with Crippen LogP contribution in [0.2, 0.25) is 0 Å². The summed E-state index contributed by atoms with van der Waals surface area (Å²) in [6.07, 6.45) is 3.45. The SMILES string of the molecule is COc1cc(C)ccc1-c1nnc(C(O)C2CCCN(C)C2=O)c2c1CCC2. The average molecular weight is 381 g/mol. The van der Waals surface area contributed by atoms with Gasteiger partial charge in [-0.25, -0.2) is 0 Å². The summed E-state index contributed by atoms with van der Waals surface area (Å²) in [6.45, 7) is 2.78. The number of fused-ring (bicyclic) bond motifs is 1. The zero-order valence-corrected chi connectivity index (χ0v) is 16.7. The molecule has 1 aliphatic heterocycles. The molecule has 148 valence electrons. The first-order valence-electron chi connectivity index (χ1n) is 9.97. The maximum atomic E-state index is 12.5. The number of nitrogens with zero attached hydrogens (tertiary/aromatic N) is 3. The van der Waals surface area contributed by atoms with Gasteiger partial charge in [0.25, 0.3) is 0 Å². The average Bonchev–Trinajstić information content (AvgIpc) is 3.19. The van der Waals surface area contributed by atoms with Gasteiger partial charge >= 0.3 is 0 Å². The largest absolute Gasteiger partial charge is 0.496 e. The highest BCUT2D eigenvalue weighted by Gasteiger charge is 2.36. The molecule has 2 aliphatic rings. The first kappa shape index (κ1) is 18.9. The van der Waals surface area contributed by atoms with E-state index in [0.29, 0.717) is 12.1 Å². The molecule has 1 N–H and O–H groups in total. The van der Waals surface area contributed by atoms with Crippen LogP contribution in [0.5, 0.6) is 5.75 Å². The molecule has 2 unspecified atom stereocenters. The Bertz CT molecular complexity index is 912. The molecule has 1 amide bonds. The van der Waals surface area contributed by atoms with Crippen LogP contribution in [0.4, 0.5) is 0 Å². The third-order valence-electron chi connectivity index (χ3n) is 6.05. The number of amides is 1. The van der Waals surface area contributed by atoms with Crippen molar-refractivity contribution in [3.8, 4) is 17.0 Å². The normalized spacial score (nSPS) is 20.2. The molecule has 2 atom stereocenters. The molecule has 0 radical (unpaired) electrons. The van der Waals surface area contributed by atoms with Gasteiger partial charge in [-0.05, 0) is 67.9 Å². The molecule has 2 heterocycles. The summed E-state index contributed by atoms with van der Waals surface area (Å²) in [7, 11) is 3.46. The molecule has 6 heteroatoms. The van der Waals surface area contributed by atoms with Crippen LogP contribution in [0.1, 0.15) is 47.8 Å². The van der Waals surface area contributed by atoms with E-state index in [1.165, 1.54) is 0 Å². The number of aliphatic hydroxyl groups is 1. The second-order valence-electron chi connectivity index (χ2n) is 7.90. The lowest BCUT2D eigenvalue weighted by Gasteiger charge is -2.32. The van der Waals surface area contributed by atoms with Gasteiger partial charge in [0.2, 0.25) is 5.91 Å². The van der Waals surface area contributed by atoms with Gasteiger partial charge in [-0.3, -0.25) is 4.79 Å².